The van der Waals surface area contributed by atoms with Crippen molar-refractivity contribution < 1.29 is 4.74 Å². The predicted molar refractivity (Wildman–Crippen MR) is 87.6 cm³/mol. The van der Waals surface area contributed by atoms with E-state index in [0.717, 1.165) is 25.9 Å². The van der Waals surface area contributed by atoms with Crippen molar-refractivity contribution in [2.24, 2.45) is 0 Å². The number of hydrogen-bond donors (Lipinski definition) is 1. The van der Waals surface area contributed by atoms with Crippen LogP contribution in [0.4, 0.5) is 0 Å². The fourth-order valence-corrected chi connectivity index (χ4v) is 4.04. The highest BCUT2D eigenvalue weighted by molar-refractivity contribution is 5.87. The Morgan fingerprint density at radius 3 is 1.91 bits per heavy atom. The summed E-state index contributed by atoms with van der Waals surface area (Å²) in [6, 6.07) is 17.6. The van der Waals surface area contributed by atoms with Gasteiger partial charge in [-0.05, 0) is 53.8 Å². The van der Waals surface area contributed by atoms with Gasteiger partial charge in [0.15, 0.2) is 0 Å². The number of nitrogens with one attached hydrogen (secondary N) is 1. The summed E-state index contributed by atoms with van der Waals surface area (Å²) in [6.07, 6.45) is 2.79. The van der Waals surface area contributed by atoms with Crippen molar-refractivity contribution in [3.63, 3.8) is 0 Å². The monoisotopic (exact) mass is 289 g/mol. The predicted octanol–water partition coefficient (Wildman–Crippen LogP) is 4.00. The molecule has 22 heavy (non-hydrogen) atoms. The Balaban J connectivity index is 1.82. The zero-order chi connectivity index (χ0) is 14.5. The smallest absolute Gasteiger partial charge is 0.114 e. The number of epoxide rings is 1. The maximum Gasteiger partial charge on any atom is 0.114 e. The molecule has 2 unspecified atom stereocenters. The Hall–Kier alpha value is -1.90. The third-order valence-corrected chi connectivity index (χ3v) is 5.13. The molecule has 1 N–H and O–H groups in total. The summed E-state index contributed by atoms with van der Waals surface area (Å²) >= 11 is 0. The first-order valence-corrected chi connectivity index (χ1v) is 8.20. The Kier molecular flexibility index (Phi) is 2.76. The summed E-state index contributed by atoms with van der Waals surface area (Å²) in [7, 11) is 0. The lowest BCUT2D eigenvalue weighted by Gasteiger charge is -2.22. The van der Waals surface area contributed by atoms with E-state index < -0.39 is 0 Å². The summed E-state index contributed by atoms with van der Waals surface area (Å²) < 4.78 is 6.01. The third kappa shape index (κ3) is 1.81. The Morgan fingerprint density at radius 1 is 0.773 bits per heavy atom. The van der Waals surface area contributed by atoms with Crippen LogP contribution in [0.5, 0.6) is 0 Å². The summed E-state index contributed by atoms with van der Waals surface area (Å²) in [6.45, 7) is 2.18. The first-order valence-electron chi connectivity index (χ1n) is 8.20. The van der Waals surface area contributed by atoms with Crippen LogP contribution in [0.25, 0.3) is 5.57 Å². The SMILES string of the molecule is c1ccc2c(c1)C(=C1CCNCC1)c1ccccc1C1OC21. The van der Waals surface area contributed by atoms with E-state index in [1.807, 2.05) is 0 Å². The molecule has 5 rings (SSSR count). The van der Waals surface area contributed by atoms with E-state index in [1.165, 1.54) is 27.8 Å². The Morgan fingerprint density at radius 2 is 1.32 bits per heavy atom. The summed E-state index contributed by atoms with van der Waals surface area (Å²) in [5, 5.41) is 3.48. The number of hydrogen-bond acceptors (Lipinski definition) is 2. The quantitative estimate of drug-likeness (QED) is 0.741. The van der Waals surface area contributed by atoms with Crippen LogP contribution in [-0.4, -0.2) is 13.1 Å². The second kappa shape index (κ2) is 4.80. The molecule has 0 radical (unpaired) electrons. The second-order valence-electron chi connectivity index (χ2n) is 6.38. The lowest BCUT2D eigenvalue weighted by atomic mass is 9.86. The first kappa shape index (κ1) is 12.6. The van der Waals surface area contributed by atoms with Gasteiger partial charge in [0, 0.05) is 0 Å². The highest BCUT2D eigenvalue weighted by Crippen LogP contribution is 2.57. The molecule has 2 saturated heterocycles. The van der Waals surface area contributed by atoms with Crippen molar-refractivity contribution in [1.29, 1.82) is 0 Å². The molecule has 0 aromatic heterocycles. The largest absolute Gasteiger partial charge is 0.359 e. The third-order valence-electron chi connectivity index (χ3n) is 5.13. The molecule has 110 valence electrons. The van der Waals surface area contributed by atoms with Gasteiger partial charge in [0.05, 0.1) is 0 Å². The Labute approximate surface area is 130 Å². The van der Waals surface area contributed by atoms with E-state index in [2.05, 4.69) is 53.8 Å². The van der Waals surface area contributed by atoms with Crippen LogP contribution in [-0.2, 0) is 4.74 Å². The molecule has 2 aliphatic heterocycles. The molecule has 2 atom stereocenters. The summed E-state index contributed by atoms with van der Waals surface area (Å²) in [5.41, 5.74) is 8.58. The molecule has 2 fully saturated rings. The fraction of sp³-hybridized carbons (Fsp3) is 0.300. The number of benzene rings is 2. The summed E-state index contributed by atoms with van der Waals surface area (Å²) in [4.78, 5) is 0. The van der Waals surface area contributed by atoms with Gasteiger partial charge in [-0.25, -0.2) is 0 Å². The van der Waals surface area contributed by atoms with Crippen molar-refractivity contribution >= 4 is 5.57 Å². The van der Waals surface area contributed by atoms with E-state index in [4.69, 9.17) is 4.74 Å². The van der Waals surface area contributed by atoms with E-state index in [0.29, 0.717) is 0 Å². The van der Waals surface area contributed by atoms with Crippen molar-refractivity contribution in [3.05, 3.63) is 76.4 Å². The molecule has 0 amide bonds. The van der Waals surface area contributed by atoms with Crippen LogP contribution in [0.15, 0.2) is 54.1 Å². The maximum absolute atomic E-state index is 6.01. The lowest BCUT2D eigenvalue weighted by Crippen LogP contribution is -2.24. The fourth-order valence-electron chi connectivity index (χ4n) is 4.04. The maximum atomic E-state index is 6.01. The molecule has 2 aromatic carbocycles. The van der Waals surface area contributed by atoms with Gasteiger partial charge in [0.25, 0.3) is 0 Å². The average Bonchev–Trinajstić information content (AvgIpc) is 3.37. The minimum absolute atomic E-state index is 0.247. The standard InChI is InChI=1S/C20H19NO/c1-3-7-16-14(5-1)18(13-9-11-21-12-10-13)15-6-2-4-8-17(15)20-19(16)22-20/h1-8,19-21H,9-12H2. The molecule has 1 aliphatic carbocycles. The van der Waals surface area contributed by atoms with Gasteiger partial charge >= 0.3 is 0 Å². The highest BCUT2D eigenvalue weighted by atomic mass is 16.6. The van der Waals surface area contributed by atoms with Crippen molar-refractivity contribution in [2.75, 3.05) is 13.1 Å². The second-order valence-corrected chi connectivity index (χ2v) is 6.38. The summed E-state index contributed by atoms with van der Waals surface area (Å²) in [5.74, 6) is 0. The molecule has 3 aliphatic rings. The van der Waals surface area contributed by atoms with Gasteiger partial charge in [0.1, 0.15) is 12.2 Å². The van der Waals surface area contributed by atoms with Gasteiger partial charge < -0.3 is 10.1 Å². The minimum Gasteiger partial charge on any atom is -0.359 e. The minimum atomic E-state index is 0.247. The van der Waals surface area contributed by atoms with Gasteiger partial charge in [-0.1, -0.05) is 54.1 Å². The number of rotatable bonds is 0. The van der Waals surface area contributed by atoms with Crippen LogP contribution in [0, 0.1) is 0 Å². The molecule has 2 heteroatoms. The molecular formula is C20H19NO. The van der Waals surface area contributed by atoms with Gasteiger partial charge in [0.2, 0.25) is 0 Å². The average molecular weight is 289 g/mol. The number of ether oxygens (including phenoxy) is 1. The van der Waals surface area contributed by atoms with Crippen molar-refractivity contribution in [2.45, 2.75) is 25.0 Å². The van der Waals surface area contributed by atoms with Crippen LogP contribution in [0.1, 0.15) is 47.3 Å². The van der Waals surface area contributed by atoms with Gasteiger partial charge in [-0.3, -0.25) is 0 Å². The first-order chi connectivity index (χ1) is 10.9. The van der Waals surface area contributed by atoms with Crippen molar-refractivity contribution in [1.82, 2.24) is 5.32 Å². The highest BCUT2D eigenvalue weighted by Gasteiger charge is 2.46. The lowest BCUT2D eigenvalue weighted by molar-refractivity contribution is 0.376. The van der Waals surface area contributed by atoms with Crippen LogP contribution >= 0.6 is 0 Å². The van der Waals surface area contributed by atoms with E-state index in [9.17, 15) is 0 Å². The molecule has 0 spiro atoms. The number of piperidine rings is 1. The van der Waals surface area contributed by atoms with Crippen molar-refractivity contribution in [3.8, 4) is 0 Å². The van der Waals surface area contributed by atoms with Gasteiger partial charge in [-0.2, -0.15) is 0 Å². The molecule has 0 bridgehead atoms. The van der Waals surface area contributed by atoms with Crippen LogP contribution in [0.2, 0.25) is 0 Å². The zero-order valence-electron chi connectivity index (χ0n) is 12.5. The number of fused-ring (bicyclic) bond motifs is 5. The molecule has 2 aromatic rings. The van der Waals surface area contributed by atoms with Crippen LogP contribution in [0.3, 0.4) is 0 Å². The molecule has 2 nitrogen and oxygen atoms in total. The normalized spacial score (nSPS) is 25.8. The zero-order valence-corrected chi connectivity index (χ0v) is 12.5. The molecular weight excluding hydrogens is 270 g/mol. The molecule has 0 saturated carbocycles. The van der Waals surface area contributed by atoms with E-state index in [-0.39, 0.29) is 12.2 Å². The topological polar surface area (TPSA) is 24.6 Å². The van der Waals surface area contributed by atoms with E-state index in [1.54, 1.807) is 5.57 Å². The molecule has 2 heterocycles. The van der Waals surface area contributed by atoms with E-state index >= 15 is 0 Å². The Bertz CT molecular complexity index is 715. The van der Waals surface area contributed by atoms with Gasteiger partial charge in [-0.15, -0.1) is 0 Å². The van der Waals surface area contributed by atoms with Crippen LogP contribution < -0.4 is 5.32 Å².